The molecular weight excluding hydrogens is 431 g/mol. The van der Waals surface area contributed by atoms with Crippen molar-refractivity contribution in [3.05, 3.63) is 98.3 Å². The number of nitrogens with zero attached hydrogens (tertiary/aromatic N) is 1. The van der Waals surface area contributed by atoms with Crippen LogP contribution in [-0.4, -0.2) is 10.9 Å². The first kappa shape index (κ1) is 19.5. The molecule has 0 radical (unpaired) electrons. The number of nitro benzene ring substituents is 1. The molecule has 0 unspecified atom stereocenters. The van der Waals surface area contributed by atoms with Crippen LogP contribution in [0.15, 0.2) is 71.2 Å². The van der Waals surface area contributed by atoms with E-state index in [1.807, 2.05) is 30.3 Å². The largest absolute Gasteiger partial charge is 0.422 e. The van der Waals surface area contributed by atoms with E-state index in [9.17, 15) is 19.3 Å². The highest BCUT2D eigenvalue weighted by Gasteiger charge is 2.19. The molecule has 0 saturated heterocycles. The van der Waals surface area contributed by atoms with Crippen LogP contribution in [0.4, 0.5) is 15.8 Å². The van der Waals surface area contributed by atoms with Crippen molar-refractivity contribution >= 4 is 33.3 Å². The Morgan fingerprint density at radius 3 is 2.54 bits per heavy atom. The normalized spacial score (nSPS) is 10.4. The fourth-order valence-corrected chi connectivity index (χ4v) is 2.90. The van der Waals surface area contributed by atoms with Gasteiger partial charge in [0.1, 0.15) is 17.3 Å². The summed E-state index contributed by atoms with van der Waals surface area (Å²) in [5.41, 5.74) is 1.01. The van der Waals surface area contributed by atoms with Crippen molar-refractivity contribution in [2.45, 2.75) is 6.54 Å². The van der Waals surface area contributed by atoms with E-state index in [4.69, 9.17) is 4.74 Å². The van der Waals surface area contributed by atoms with Gasteiger partial charge >= 0.3 is 5.97 Å². The Morgan fingerprint density at radius 1 is 1.11 bits per heavy atom. The molecule has 1 N–H and O–H groups in total. The number of anilines is 1. The monoisotopic (exact) mass is 444 g/mol. The molecule has 0 aliphatic rings. The van der Waals surface area contributed by atoms with Crippen molar-refractivity contribution in [2.24, 2.45) is 0 Å². The Labute approximate surface area is 168 Å². The lowest BCUT2D eigenvalue weighted by Crippen LogP contribution is -2.10. The minimum atomic E-state index is -0.787. The molecular formula is C20H14BrFN2O4. The molecule has 28 heavy (non-hydrogen) atoms. The lowest BCUT2D eigenvalue weighted by atomic mass is 10.1. The Balaban J connectivity index is 1.79. The number of benzene rings is 3. The van der Waals surface area contributed by atoms with Gasteiger partial charge in [0.25, 0.3) is 5.69 Å². The predicted octanol–water partition coefficient (Wildman–Crippen LogP) is 5.33. The SMILES string of the molecule is O=C(Oc1ccc(F)cc1Br)c1ccc(NCc2ccccc2)c([N+](=O)[O-])c1. The molecule has 0 atom stereocenters. The number of nitro groups is 1. The summed E-state index contributed by atoms with van der Waals surface area (Å²) < 4.78 is 18.6. The summed E-state index contributed by atoms with van der Waals surface area (Å²) in [4.78, 5) is 23.2. The van der Waals surface area contributed by atoms with E-state index < -0.39 is 16.7 Å². The quantitative estimate of drug-likeness (QED) is 0.240. The fraction of sp³-hybridized carbons (Fsp3) is 0.0500. The van der Waals surface area contributed by atoms with E-state index >= 15 is 0 Å². The van der Waals surface area contributed by atoms with Crippen molar-refractivity contribution in [3.63, 3.8) is 0 Å². The number of ether oxygens (including phenoxy) is 1. The van der Waals surface area contributed by atoms with E-state index in [0.717, 1.165) is 23.8 Å². The summed E-state index contributed by atoms with van der Waals surface area (Å²) in [6.07, 6.45) is 0. The number of hydrogen-bond acceptors (Lipinski definition) is 5. The molecule has 3 aromatic rings. The molecule has 0 aliphatic heterocycles. The second-order valence-electron chi connectivity index (χ2n) is 5.79. The number of rotatable bonds is 6. The van der Waals surface area contributed by atoms with Gasteiger partial charge in [0, 0.05) is 12.6 Å². The molecule has 0 amide bonds. The zero-order valence-corrected chi connectivity index (χ0v) is 16.0. The van der Waals surface area contributed by atoms with Crippen LogP contribution in [-0.2, 0) is 6.54 Å². The third-order valence-corrected chi connectivity index (χ3v) is 4.47. The average molecular weight is 445 g/mol. The van der Waals surface area contributed by atoms with Crippen LogP contribution >= 0.6 is 15.9 Å². The summed E-state index contributed by atoms with van der Waals surface area (Å²) in [5.74, 6) is -1.17. The zero-order valence-electron chi connectivity index (χ0n) is 14.4. The molecule has 0 heterocycles. The van der Waals surface area contributed by atoms with Gasteiger partial charge in [-0.05, 0) is 51.8 Å². The fourth-order valence-electron chi connectivity index (χ4n) is 2.47. The molecule has 142 valence electrons. The topological polar surface area (TPSA) is 81.5 Å². The number of esters is 1. The van der Waals surface area contributed by atoms with Crippen molar-refractivity contribution < 1.29 is 18.8 Å². The predicted molar refractivity (Wildman–Crippen MR) is 106 cm³/mol. The average Bonchev–Trinajstić information content (AvgIpc) is 2.69. The maximum absolute atomic E-state index is 13.1. The van der Waals surface area contributed by atoms with Crippen LogP contribution in [0.5, 0.6) is 5.75 Å². The molecule has 0 saturated carbocycles. The van der Waals surface area contributed by atoms with Crippen molar-refractivity contribution in [3.8, 4) is 5.75 Å². The van der Waals surface area contributed by atoms with Crippen LogP contribution in [0, 0.1) is 15.9 Å². The highest BCUT2D eigenvalue weighted by molar-refractivity contribution is 9.10. The van der Waals surface area contributed by atoms with E-state index in [2.05, 4.69) is 21.2 Å². The number of carbonyl (C=O) groups is 1. The van der Waals surface area contributed by atoms with Crippen LogP contribution in [0.1, 0.15) is 15.9 Å². The summed E-state index contributed by atoms with van der Waals surface area (Å²) in [7, 11) is 0. The maximum atomic E-state index is 13.1. The standard InChI is InChI=1S/C20H14BrFN2O4/c21-16-11-15(22)7-9-19(16)28-20(25)14-6-8-17(18(10-14)24(26)27)23-12-13-4-2-1-3-5-13/h1-11,23H,12H2. The third-order valence-electron chi connectivity index (χ3n) is 3.85. The lowest BCUT2D eigenvalue weighted by Gasteiger charge is -2.10. The van der Waals surface area contributed by atoms with Crippen LogP contribution in [0.3, 0.4) is 0 Å². The first-order valence-corrected chi connectivity index (χ1v) is 8.97. The Morgan fingerprint density at radius 2 is 1.86 bits per heavy atom. The second-order valence-corrected chi connectivity index (χ2v) is 6.65. The molecule has 3 aromatic carbocycles. The van der Waals surface area contributed by atoms with Crippen LogP contribution in [0.2, 0.25) is 0 Å². The Hall–Kier alpha value is -3.26. The molecule has 8 heteroatoms. The number of carbonyl (C=O) groups excluding carboxylic acids is 1. The first-order chi connectivity index (χ1) is 13.4. The zero-order chi connectivity index (χ0) is 20.1. The van der Waals surface area contributed by atoms with Crippen molar-refractivity contribution in [1.29, 1.82) is 0 Å². The van der Waals surface area contributed by atoms with Gasteiger partial charge in [-0.2, -0.15) is 0 Å². The van der Waals surface area contributed by atoms with E-state index in [-0.39, 0.29) is 27.2 Å². The van der Waals surface area contributed by atoms with Crippen molar-refractivity contribution in [2.75, 3.05) is 5.32 Å². The van der Waals surface area contributed by atoms with Gasteiger partial charge in [-0.3, -0.25) is 10.1 Å². The van der Waals surface area contributed by atoms with E-state index in [1.54, 1.807) is 0 Å². The molecule has 3 rings (SSSR count). The van der Waals surface area contributed by atoms with Gasteiger partial charge < -0.3 is 10.1 Å². The lowest BCUT2D eigenvalue weighted by molar-refractivity contribution is -0.384. The Bertz CT molecular complexity index is 1030. The summed E-state index contributed by atoms with van der Waals surface area (Å²) in [6, 6.07) is 17.0. The first-order valence-electron chi connectivity index (χ1n) is 8.17. The maximum Gasteiger partial charge on any atom is 0.343 e. The highest BCUT2D eigenvalue weighted by atomic mass is 79.9. The Kier molecular flexibility index (Phi) is 6.00. The smallest absolute Gasteiger partial charge is 0.343 e. The number of nitrogens with one attached hydrogen (secondary N) is 1. The third kappa shape index (κ3) is 4.72. The molecule has 0 fully saturated rings. The van der Waals surface area contributed by atoms with E-state index in [0.29, 0.717) is 6.54 Å². The molecule has 0 aromatic heterocycles. The van der Waals surface area contributed by atoms with Gasteiger partial charge in [-0.25, -0.2) is 9.18 Å². The summed E-state index contributed by atoms with van der Waals surface area (Å²) >= 11 is 3.10. The van der Waals surface area contributed by atoms with Crippen LogP contribution < -0.4 is 10.1 Å². The van der Waals surface area contributed by atoms with Gasteiger partial charge in [0.2, 0.25) is 0 Å². The number of hydrogen-bond donors (Lipinski definition) is 1. The summed E-state index contributed by atoms with van der Waals surface area (Å²) in [6.45, 7) is 0.397. The number of halogens is 2. The van der Waals surface area contributed by atoms with Crippen LogP contribution in [0.25, 0.3) is 0 Å². The van der Waals surface area contributed by atoms with Gasteiger partial charge in [-0.15, -0.1) is 0 Å². The van der Waals surface area contributed by atoms with Gasteiger partial charge in [-0.1, -0.05) is 30.3 Å². The van der Waals surface area contributed by atoms with E-state index in [1.165, 1.54) is 18.2 Å². The summed E-state index contributed by atoms with van der Waals surface area (Å²) in [5, 5.41) is 14.4. The molecule has 0 spiro atoms. The van der Waals surface area contributed by atoms with Gasteiger partial charge in [0.15, 0.2) is 0 Å². The van der Waals surface area contributed by atoms with Crippen molar-refractivity contribution in [1.82, 2.24) is 0 Å². The highest BCUT2D eigenvalue weighted by Crippen LogP contribution is 2.29. The minimum absolute atomic E-state index is 0.00758. The second kappa shape index (κ2) is 8.62. The van der Waals surface area contributed by atoms with Gasteiger partial charge in [0.05, 0.1) is 15.0 Å². The minimum Gasteiger partial charge on any atom is -0.422 e. The molecule has 0 aliphatic carbocycles. The molecule has 0 bridgehead atoms. The molecule has 6 nitrogen and oxygen atoms in total.